The van der Waals surface area contributed by atoms with Crippen LogP contribution in [-0.4, -0.2) is 0 Å². The Hall–Kier alpha value is -1.70. The molecular formula is C13H13O2. The monoisotopic (exact) mass is 201 g/mol. The van der Waals surface area contributed by atoms with Gasteiger partial charge in [0.15, 0.2) is 11.5 Å². The second-order valence-electron chi connectivity index (χ2n) is 3.31. The topological polar surface area (TPSA) is 18.5 Å². The number of allylic oxidation sites excluding steroid dienone is 1. The maximum Gasteiger partial charge on any atom is 0.333 e. The molecule has 2 heteroatoms. The van der Waals surface area contributed by atoms with Crippen LogP contribution in [0.4, 0.5) is 0 Å². The Kier molecular flexibility index (Phi) is 2.77. The molecule has 0 aliphatic carbocycles. The Labute approximate surface area is 89.8 Å². The highest BCUT2D eigenvalue weighted by Crippen LogP contribution is 2.41. The van der Waals surface area contributed by atoms with Gasteiger partial charge in [-0.3, -0.25) is 0 Å². The van der Waals surface area contributed by atoms with E-state index in [-0.39, 0.29) is 0 Å². The maximum atomic E-state index is 5.61. The highest BCUT2D eigenvalue weighted by molar-refractivity contribution is 5.50. The van der Waals surface area contributed by atoms with Crippen molar-refractivity contribution in [1.29, 1.82) is 0 Å². The number of hydrogen-bond acceptors (Lipinski definition) is 2. The molecule has 0 unspecified atom stereocenters. The molecule has 1 aromatic rings. The third kappa shape index (κ3) is 1.89. The predicted molar refractivity (Wildman–Crippen MR) is 59.7 cm³/mol. The molecule has 0 aromatic heterocycles. The number of ether oxygens (including phenoxy) is 2. The van der Waals surface area contributed by atoms with Crippen molar-refractivity contribution in [2.24, 2.45) is 0 Å². The fourth-order valence-corrected chi connectivity index (χ4v) is 1.53. The SMILES string of the molecule is C=CC[C]1Oc2cccc(CC=C)c2O1. The molecule has 2 rings (SSSR count). The zero-order valence-corrected chi connectivity index (χ0v) is 8.53. The van der Waals surface area contributed by atoms with Gasteiger partial charge in [0.1, 0.15) is 0 Å². The van der Waals surface area contributed by atoms with E-state index in [0.29, 0.717) is 12.7 Å². The van der Waals surface area contributed by atoms with Gasteiger partial charge in [0.25, 0.3) is 0 Å². The van der Waals surface area contributed by atoms with Crippen molar-refractivity contribution in [3.05, 3.63) is 55.4 Å². The summed E-state index contributed by atoms with van der Waals surface area (Å²) in [5.41, 5.74) is 1.10. The summed E-state index contributed by atoms with van der Waals surface area (Å²) in [4.78, 5) is 0. The van der Waals surface area contributed by atoms with Crippen LogP contribution in [0.5, 0.6) is 11.5 Å². The Bertz CT molecular complexity index is 382. The van der Waals surface area contributed by atoms with E-state index in [9.17, 15) is 0 Å². The predicted octanol–water partition coefficient (Wildman–Crippen LogP) is 3.25. The second-order valence-corrected chi connectivity index (χ2v) is 3.31. The average Bonchev–Trinajstić information content (AvgIpc) is 2.62. The van der Waals surface area contributed by atoms with Crippen molar-refractivity contribution in [3.8, 4) is 11.5 Å². The van der Waals surface area contributed by atoms with Gasteiger partial charge >= 0.3 is 6.29 Å². The summed E-state index contributed by atoms with van der Waals surface area (Å²) in [5, 5.41) is 0. The van der Waals surface area contributed by atoms with E-state index < -0.39 is 0 Å². The summed E-state index contributed by atoms with van der Waals surface area (Å²) in [5.74, 6) is 1.60. The fraction of sp³-hybridized carbons (Fsp3) is 0.154. The van der Waals surface area contributed by atoms with E-state index in [0.717, 1.165) is 23.5 Å². The third-order valence-electron chi connectivity index (χ3n) is 2.18. The molecule has 0 saturated heterocycles. The number of rotatable bonds is 4. The van der Waals surface area contributed by atoms with Crippen molar-refractivity contribution >= 4 is 0 Å². The Morgan fingerprint density at radius 3 is 2.60 bits per heavy atom. The normalized spacial score (nSPS) is 13.9. The molecule has 2 nitrogen and oxygen atoms in total. The van der Waals surface area contributed by atoms with Gasteiger partial charge < -0.3 is 9.47 Å². The molecular weight excluding hydrogens is 188 g/mol. The second kappa shape index (κ2) is 4.22. The molecule has 0 atom stereocenters. The van der Waals surface area contributed by atoms with E-state index in [1.165, 1.54) is 0 Å². The molecule has 0 amide bonds. The zero-order valence-electron chi connectivity index (χ0n) is 8.53. The van der Waals surface area contributed by atoms with Gasteiger partial charge in [0.2, 0.25) is 0 Å². The van der Waals surface area contributed by atoms with Crippen molar-refractivity contribution in [2.45, 2.75) is 12.8 Å². The van der Waals surface area contributed by atoms with Gasteiger partial charge in [-0.05, 0) is 12.5 Å². The van der Waals surface area contributed by atoms with E-state index in [4.69, 9.17) is 9.47 Å². The van der Waals surface area contributed by atoms with E-state index in [1.807, 2.05) is 24.3 Å². The van der Waals surface area contributed by atoms with Crippen LogP contribution in [0.3, 0.4) is 0 Å². The van der Waals surface area contributed by atoms with Crippen LogP contribution in [0, 0.1) is 6.29 Å². The lowest BCUT2D eigenvalue weighted by Gasteiger charge is -2.04. The molecule has 1 aliphatic heterocycles. The Morgan fingerprint density at radius 1 is 1.07 bits per heavy atom. The van der Waals surface area contributed by atoms with Crippen LogP contribution < -0.4 is 9.47 Å². The van der Waals surface area contributed by atoms with Crippen LogP contribution in [0.15, 0.2) is 43.5 Å². The average molecular weight is 201 g/mol. The van der Waals surface area contributed by atoms with Gasteiger partial charge in [-0.2, -0.15) is 0 Å². The summed E-state index contributed by atoms with van der Waals surface area (Å²) in [6.45, 7) is 7.37. The van der Waals surface area contributed by atoms with Crippen LogP contribution in [0.1, 0.15) is 12.0 Å². The lowest BCUT2D eigenvalue weighted by Crippen LogP contribution is -2.05. The first-order chi connectivity index (χ1) is 7.35. The van der Waals surface area contributed by atoms with Gasteiger partial charge in [0.05, 0.1) is 6.42 Å². The van der Waals surface area contributed by atoms with Crippen LogP contribution >= 0.6 is 0 Å². The van der Waals surface area contributed by atoms with Gasteiger partial charge in [0, 0.05) is 5.56 Å². The minimum Gasteiger partial charge on any atom is -0.441 e. The Balaban J connectivity index is 2.24. The van der Waals surface area contributed by atoms with E-state index >= 15 is 0 Å². The van der Waals surface area contributed by atoms with Gasteiger partial charge in [-0.1, -0.05) is 24.3 Å². The molecule has 0 N–H and O–H groups in total. The summed E-state index contributed by atoms with van der Waals surface area (Å²) in [7, 11) is 0. The van der Waals surface area contributed by atoms with Crippen LogP contribution in [-0.2, 0) is 6.42 Å². The van der Waals surface area contributed by atoms with Crippen molar-refractivity contribution < 1.29 is 9.47 Å². The molecule has 1 aromatic carbocycles. The summed E-state index contributed by atoms with van der Waals surface area (Å²) < 4.78 is 11.1. The molecule has 0 saturated carbocycles. The molecule has 1 radical (unpaired) electrons. The number of para-hydroxylation sites is 1. The minimum atomic E-state index is 0.594. The van der Waals surface area contributed by atoms with Gasteiger partial charge in [-0.15, -0.1) is 13.2 Å². The Morgan fingerprint density at radius 2 is 1.87 bits per heavy atom. The number of benzene rings is 1. The molecule has 0 bridgehead atoms. The highest BCUT2D eigenvalue weighted by Gasteiger charge is 2.26. The lowest BCUT2D eigenvalue weighted by molar-refractivity contribution is 0.172. The first kappa shape index (κ1) is 9.84. The zero-order chi connectivity index (χ0) is 10.7. The van der Waals surface area contributed by atoms with Crippen LogP contribution in [0.25, 0.3) is 0 Å². The standard InChI is InChI=1S/C13H13O2/c1-3-6-10-8-5-9-11-13(10)15-12(14-11)7-4-2/h3-5,8-9H,1-2,6-7H2. The molecule has 77 valence electrons. The van der Waals surface area contributed by atoms with Crippen molar-refractivity contribution in [1.82, 2.24) is 0 Å². The molecule has 0 spiro atoms. The highest BCUT2D eigenvalue weighted by atomic mass is 16.7. The fourth-order valence-electron chi connectivity index (χ4n) is 1.53. The maximum absolute atomic E-state index is 5.61. The number of fused-ring (bicyclic) bond motifs is 1. The van der Waals surface area contributed by atoms with Gasteiger partial charge in [-0.25, -0.2) is 0 Å². The van der Waals surface area contributed by atoms with Crippen molar-refractivity contribution in [2.75, 3.05) is 0 Å². The number of hydrogen-bond donors (Lipinski definition) is 0. The smallest absolute Gasteiger partial charge is 0.333 e. The molecule has 0 fully saturated rings. The van der Waals surface area contributed by atoms with E-state index in [2.05, 4.69) is 13.2 Å². The summed E-state index contributed by atoms with van der Waals surface area (Å²) >= 11 is 0. The summed E-state index contributed by atoms with van der Waals surface area (Å²) in [6, 6.07) is 5.87. The largest absolute Gasteiger partial charge is 0.441 e. The molecule has 1 heterocycles. The molecule has 15 heavy (non-hydrogen) atoms. The first-order valence-corrected chi connectivity index (χ1v) is 4.90. The van der Waals surface area contributed by atoms with Crippen molar-refractivity contribution in [3.63, 3.8) is 0 Å². The van der Waals surface area contributed by atoms with Crippen LogP contribution in [0.2, 0.25) is 0 Å². The summed E-state index contributed by atoms with van der Waals surface area (Å²) in [6.07, 6.45) is 5.60. The third-order valence-corrected chi connectivity index (χ3v) is 2.18. The van der Waals surface area contributed by atoms with E-state index in [1.54, 1.807) is 6.08 Å². The lowest BCUT2D eigenvalue weighted by atomic mass is 10.1. The first-order valence-electron chi connectivity index (χ1n) is 4.90. The molecule has 1 aliphatic rings. The minimum absolute atomic E-state index is 0.594. The quantitative estimate of drug-likeness (QED) is 0.696.